The molecule has 35 heavy (non-hydrogen) atoms. The van der Waals surface area contributed by atoms with Crippen molar-refractivity contribution in [3.8, 4) is 11.5 Å². The predicted octanol–water partition coefficient (Wildman–Crippen LogP) is 4.70. The average Bonchev–Trinajstić information content (AvgIpc) is 3.08. The maximum absolute atomic E-state index is 13.8. The summed E-state index contributed by atoms with van der Waals surface area (Å²) in [5, 5.41) is 0.496. The fraction of sp³-hybridized carbons (Fsp3) is 0.429. The second-order valence-electron chi connectivity index (χ2n) is 9.24. The largest absolute Gasteiger partial charge is 0.490 e. The molecule has 1 aliphatic heterocycles. The van der Waals surface area contributed by atoms with Gasteiger partial charge in [-0.15, -0.1) is 0 Å². The van der Waals surface area contributed by atoms with Crippen LogP contribution in [0.2, 0.25) is 0 Å². The van der Waals surface area contributed by atoms with E-state index in [1.54, 1.807) is 4.90 Å². The molecule has 1 aromatic heterocycles. The lowest BCUT2D eigenvalue weighted by Gasteiger charge is -2.26. The van der Waals surface area contributed by atoms with Gasteiger partial charge in [-0.1, -0.05) is 6.07 Å². The van der Waals surface area contributed by atoms with Crippen LogP contribution in [0.3, 0.4) is 0 Å². The van der Waals surface area contributed by atoms with Crippen molar-refractivity contribution in [3.63, 3.8) is 0 Å². The average molecular weight is 479 g/mol. The van der Waals surface area contributed by atoms with E-state index in [2.05, 4.69) is 4.90 Å². The van der Waals surface area contributed by atoms with Crippen molar-refractivity contribution < 1.29 is 18.7 Å². The Hall–Kier alpha value is -3.32. The van der Waals surface area contributed by atoms with Crippen LogP contribution in [-0.4, -0.2) is 56.1 Å². The summed E-state index contributed by atoms with van der Waals surface area (Å²) in [6, 6.07) is 8.77. The minimum atomic E-state index is -0.559. The van der Waals surface area contributed by atoms with Gasteiger partial charge in [-0.05, 0) is 95.7 Å². The van der Waals surface area contributed by atoms with Gasteiger partial charge in [-0.25, -0.2) is 0 Å². The van der Waals surface area contributed by atoms with Crippen molar-refractivity contribution in [1.82, 2.24) is 9.80 Å². The zero-order valence-electron chi connectivity index (χ0n) is 21.4. The van der Waals surface area contributed by atoms with E-state index in [0.29, 0.717) is 47.8 Å². The molecule has 0 N–H and O–H groups in total. The summed E-state index contributed by atoms with van der Waals surface area (Å²) >= 11 is 0. The quantitative estimate of drug-likeness (QED) is 0.444. The second-order valence-corrected chi connectivity index (χ2v) is 9.24. The molecule has 0 saturated carbocycles. The first-order valence-corrected chi connectivity index (χ1v) is 12.2. The molecule has 1 atom stereocenters. The third-order valence-electron chi connectivity index (χ3n) is 6.47. The third kappa shape index (κ3) is 4.65. The molecule has 2 aromatic carbocycles. The molecular weight excluding hydrogens is 444 g/mol. The van der Waals surface area contributed by atoms with E-state index < -0.39 is 6.04 Å². The first kappa shape index (κ1) is 24.8. The fourth-order valence-electron chi connectivity index (χ4n) is 4.65. The van der Waals surface area contributed by atoms with Gasteiger partial charge in [0.15, 0.2) is 16.9 Å². The molecule has 1 amide bonds. The molecule has 0 bridgehead atoms. The first-order valence-electron chi connectivity index (χ1n) is 12.2. The van der Waals surface area contributed by atoms with Gasteiger partial charge in [0.05, 0.1) is 30.2 Å². The number of hydrogen-bond acceptors (Lipinski definition) is 6. The molecule has 0 unspecified atom stereocenters. The van der Waals surface area contributed by atoms with Crippen LogP contribution in [0.15, 0.2) is 39.5 Å². The lowest BCUT2D eigenvalue weighted by atomic mass is 9.97. The number of fused-ring (bicyclic) bond motifs is 2. The summed E-state index contributed by atoms with van der Waals surface area (Å²) in [5.74, 6) is 1.11. The molecule has 7 nitrogen and oxygen atoms in total. The molecular formula is C28H34N2O5. The van der Waals surface area contributed by atoms with Crippen LogP contribution in [0.1, 0.15) is 59.1 Å². The number of nitrogens with zero attached hydrogens (tertiary/aromatic N) is 2. The third-order valence-corrected chi connectivity index (χ3v) is 6.47. The van der Waals surface area contributed by atoms with Gasteiger partial charge in [0.2, 0.25) is 5.76 Å². The number of benzene rings is 2. The Labute approximate surface area is 206 Å². The van der Waals surface area contributed by atoms with Crippen LogP contribution in [0.4, 0.5) is 0 Å². The Morgan fingerprint density at radius 3 is 2.34 bits per heavy atom. The van der Waals surface area contributed by atoms with Gasteiger partial charge in [0, 0.05) is 6.54 Å². The lowest BCUT2D eigenvalue weighted by Crippen LogP contribution is -2.32. The highest BCUT2D eigenvalue weighted by Gasteiger charge is 2.42. The molecule has 186 valence electrons. The molecule has 0 fully saturated rings. The van der Waals surface area contributed by atoms with Crippen LogP contribution in [0, 0.1) is 13.8 Å². The van der Waals surface area contributed by atoms with Crippen molar-refractivity contribution in [3.05, 3.63) is 68.6 Å². The molecule has 0 aliphatic carbocycles. The van der Waals surface area contributed by atoms with E-state index in [1.807, 2.05) is 72.1 Å². The number of hydrogen-bond donors (Lipinski definition) is 0. The van der Waals surface area contributed by atoms with E-state index in [9.17, 15) is 9.59 Å². The minimum absolute atomic E-state index is 0.132. The van der Waals surface area contributed by atoms with Crippen molar-refractivity contribution in [2.24, 2.45) is 0 Å². The normalized spacial score (nSPS) is 15.2. The number of aryl methyl sites for hydroxylation is 2. The highest BCUT2D eigenvalue weighted by Crippen LogP contribution is 2.41. The number of amides is 1. The molecule has 4 rings (SSSR count). The smallest absolute Gasteiger partial charge is 0.290 e. The zero-order valence-corrected chi connectivity index (χ0v) is 21.4. The monoisotopic (exact) mass is 478 g/mol. The van der Waals surface area contributed by atoms with Crippen LogP contribution in [0.25, 0.3) is 11.0 Å². The summed E-state index contributed by atoms with van der Waals surface area (Å²) in [4.78, 5) is 31.3. The molecule has 2 heterocycles. The topological polar surface area (TPSA) is 72.2 Å². The standard InChI is InChI=1S/C28H34N2O5/c1-7-33-21-11-10-19(16-23(21)34-8-2)25-24-26(31)20-14-17(3)18(4)15-22(20)35-27(24)28(32)30(25)13-9-12-29(5)6/h10-11,14-16,25H,7-9,12-13H2,1-6H3/t25-/m1/s1. The second kappa shape index (κ2) is 10.1. The van der Waals surface area contributed by atoms with Crippen LogP contribution in [0.5, 0.6) is 11.5 Å². The van der Waals surface area contributed by atoms with E-state index in [4.69, 9.17) is 13.9 Å². The Bertz CT molecular complexity index is 1310. The van der Waals surface area contributed by atoms with Crippen LogP contribution < -0.4 is 14.9 Å². The van der Waals surface area contributed by atoms with Gasteiger partial charge in [-0.2, -0.15) is 0 Å². The molecule has 0 radical (unpaired) electrons. The van der Waals surface area contributed by atoms with E-state index in [0.717, 1.165) is 29.7 Å². The highest BCUT2D eigenvalue weighted by atomic mass is 16.5. The molecule has 1 aliphatic rings. The van der Waals surface area contributed by atoms with Gasteiger partial charge < -0.3 is 23.7 Å². The van der Waals surface area contributed by atoms with Gasteiger partial charge in [0.25, 0.3) is 5.91 Å². The number of carbonyl (C=O) groups is 1. The van der Waals surface area contributed by atoms with Gasteiger partial charge in [-0.3, -0.25) is 9.59 Å². The Balaban J connectivity index is 1.90. The number of rotatable bonds is 9. The maximum Gasteiger partial charge on any atom is 0.290 e. The fourth-order valence-corrected chi connectivity index (χ4v) is 4.65. The first-order chi connectivity index (χ1) is 16.8. The maximum atomic E-state index is 13.8. The van der Waals surface area contributed by atoms with Crippen molar-refractivity contribution >= 4 is 16.9 Å². The Kier molecular flexibility index (Phi) is 7.17. The summed E-state index contributed by atoms with van der Waals surface area (Å²) in [6.45, 7) is 10.1. The summed E-state index contributed by atoms with van der Waals surface area (Å²) in [5.41, 5.74) is 3.49. The van der Waals surface area contributed by atoms with E-state index in [1.165, 1.54) is 0 Å². The predicted molar refractivity (Wildman–Crippen MR) is 137 cm³/mol. The number of ether oxygens (including phenoxy) is 2. The SMILES string of the molecule is CCOc1ccc([C@@H]2c3c(oc4cc(C)c(C)cc4c3=O)C(=O)N2CCCN(C)C)cc1OCC. The molecule has 0 spiro atoms. The van der Waals surface area contributed by atoms with Gasteiger partial charge in [0.1, 0.15) is 5.58 Å². The molecule has 3 aromatic rings. The van der Waals surface area contributed by atoms with E-state index in [-0.39, 0.29) is 17.1 Å². The highest BCUT2D eigenvalue weighted by molar-refractivity contribution is 5.99. The lowest BCUT2D eigenvalue weighted by molar-refractivity contribution is 0.0722. The zero-order chi connectivity index (χ0) is 25.3. The summed E-state index contributed by atoms with van der Waals surface area (Å²) < 4.78 is 17.7. The van der Waals surface area contributed by atoms with Crippen molar-refractivity contribution in [2.75, 3.05) is 40.4 Å². The van der Waals surface area contributed by atoms with Crippen molar-refractivity contribution in [2.45, 2.75) is 40.2 Å². The van der Waals surface area contributed by atoms with Crippen LogP contribution in [-0.2, 0) is 0 Å². The van der Waals surface area contributed by atoms with Crippen LogP contribution >= 0.6 is 0 Å². The summed E-state index contributed by atoms with van der Waals surface area (Å²) in [6.07, 6.45) is 0.768. The van der Waals surface area contributed by atoms with Crippen molar-refractivity contribution in [1.29, 1.82) is 0 Å². The van der Waals surface area contributed by atoms with E-state index >= 15 is 0 Å². The van der Waals surface area contributed by atoms with Gasteiger partial charge >= 0.3 is 0 Å². The number of carbonyl (C=O) groups excluding carboxylic acids is 1. The summed E-state index contributed by atoms with van der Waals surface area (Å²) in [7, 11) is 4.00. The molecule has 7 heteroatoms. The molecule has 0 saturated heterocycles. The Morgan fingerprint density at radius 1 is 0.971 bits per heavy atom. The minimum Gasteiger partial charge on any atom is -0.490 e. The Morgan fingerprint density at radius 2 is 1.66 bits per heavy atom.